The molecule has 3 rings (SSSR count). The second-order valence-corrected chi connectivity index (χ2v) is 5.91. The highest BCUT2D eigenvalue weighted by molar-refractivity contribution is 5.81. The van der Waals surface area contributed by atoms with Crippen LogP contribution in [-0.4, -0.2) is 25.8 Å². The molecule has 0 saturated carbocycles. The van der Waals surface area contributed by atoms with Crippen LogP contribution in [0.5, 0.6) is 11.5 Å². The van der Waals surface area contributed by atoms with Crippen LogP contribution in [0.2, 0.25) is 0 Å². The molecule has 1 aliphatic rings. The molecule has 0 saturated heterocycles. The van der Waals surface area contributed by atoms with Crippen LogP contribution in [0.3, 0.4) is 0 Å². The molecule has 0 unspecified atom stereocenters. The number of aryl methyl sites for hydroxylation is 2. The van der Waals surface area contributed by atoms with E-state index in [1.54, 1.807) is 0 Å². The van der Waals surface area contributed by atoms with Gasteiger partial charge in [0, 0.05) is 12.2 Å². The molecule has 1 heterocycles. The fraction of sp³-hybridized carbons (Fsp3) is 0.316. The minimum atomic E-state index is -0.0154. The van der Waals surface area contributed by atoms with Gasteiger partial charge in [0.15, 0.2) is 11.5 Å². The number of para-hydroxylation sites is 1. The molecule has 126 valence electrons. The lowest BCUT2D eigenvalue weighted by molar-refractivity contribution is -0.119. The molecule has 0 atom stereocenters. The maximum absolute atomic E-state index is 12.0. The summed E-state index contributed by atoms with van der Waals surface area (Å²) in [5, 5.41) is 6.15. The van der Waals surface area contributed by atoms with Gasteiger partial charge in [0.25, 0.3) is 0 Å². The molecule has 0 spiro atoms. The molecule has 5 heteroatoms. The number of nitrogens with one attached hydrogen (secondary N) is 2. The Labute approximate surface area is 142 Å². The van der Waals surface area contributed by atoms with Gasteiger partial charge in [0.1, 0.15) is 0 Å². The van der Waals surface area contributed by atoms with E-state index in [-0.39, 0.29) is 19.2 Å². The highest BCUT2D eigenvalue weighted by Gasteiger charge is 2.13. The Morgan fingerprint density at radius 3 is 2.62 bits per heavy atom. The summed E-state index contributed by atoms with van der Waals surface area (Å²) in [5.74, 6) is 1.54. The van der Waals surface area contributed by atoms with Gasteiger partial charge >= 0.3 is 0 Å². The Hall–Kier alpha value is -2.69. The summed E-state index contributed by atoms with van der Waals surface area (Å²) >= 11 is 0. The molecule has 0 radical (unpaired) electrons. The van der Waals surface area contributed by atoms with Gasteiger partial charge < -0.3 is 20.1 Å². The molecule has 1 aliphatic heterocycles. The average molecular weight is 326 g/mol. The molecule has 2 aromatic rings. The van der Waals surface area contributed by atoms with Crippen molar-refractivity contribution < 1.29 is 14.3 Å². The molecule has 2 N–H and O–H groups in total. The van der Waals surface area contributed by atoms with E-state index in [1.807, 2.05) is 50.2 Å². The van der Waals surface area contributed by atoms with Crippen LogP contribution in [-0.2, 0) is 11.2 Å². The molecular weight excluding hydrogens is 304 g/mol. The van der Waals surface area contributed by atoms with Crippen LogP contribution in [0.1, 0.15) is 16.7 Å². The fourth-order valence-electron chi connectivity index (χ4n) is 2.77. The second kappa shape index (κ2) is 7.25. The van der Waals surface area contributed by atoms with Crippen molar-refractivity contribution in [2.45, 2.75) is 20.3 Å². The van der Waals surface area contributed by atoms with Crippen molar-refractivity contribution in [3.05, 3.63) is 53.1 Å². The van der Waals surface area contributed by atoms with E-state index in [4.69, 9.17) is 9.47 Å². The van der Waals surface area contributed by atoms with Gasteiger partial charge in [-0.25, -0.2) is 0 Å². The third-order valence-electron chi connectivity index (χ3n) is 4.08. The molecule has 2 aromatic carbocycles. The first-order chi connectivity index (χ1) is 11.6. The van der Waals surface area contributed by atoms with Crippen molar-refractivity contribution in [1.82, 2.24) is 5.32 Å². The van der Waals surface area contributed by atoms with Crippen LogP contribution in [0.25, 0.3) is 0 Å². The van der Waals surface area contributed by atoms with E-state index < -0.39 is 0 Å². The zero-order valence-corrected chi connectivity index (χ0v) is 14.0. The first kappa shape index (κ1) is 16.2. The number of ether oxygens (including phenoxy) is 2. The van der Waals surface area contributed by atoms with Crippen LogP contribution in [0.15, 0.2) is 36.4 Å². The van der Waals surface area contributed by atoms with Gasteiger partial charge in [-0.3, -0.25) is 4.79 Å². The molecular formula is C19H22N2O3. The number of anilines is 1. The smallest absolute Gasteiger partial charge is 0.239 e. The average Bonchev–Trinajstić information content (AvgIpc) is 3.02. The summed E-state index contributed by atoms with van der Waals surface area (Å²) in [7, 11) is 0. The molecule has 0 fully saturated rings. The predicted molar refractivity (Wildman–Crippen MR) is 93.7 cm³/mol. The molecule has 0 aliphatic carbocycles. The predicted octanol–water partition coefficient (Wildman–Crippen LogP) is 2.80. The van der Waals surface area contributed by atoms with Gasteiger partial charge in [0.2, 0.25) is 12.7 Å². The second-order valence-electron chi connectivity index (χ2n) is 5.91. The summed E-state index contributed by atoms with van der Waals surface area (Å²) in [6, 6.07) is 11.9. The highest BCUT2D eigenvalue weighted by Crippen LogP contribution is 2.32. The molecule has 5 nitrogen and oxygen atoms in total. The van der Waals surface area contributed by atoms with Crippen LogP contribution >= 0.6 is 0 Å². The van der Waals surface area contributed by atoms with E-state index >= 15 is 0 Å². The largest absolute Gasteiger partial charge is 0.454 e. The van der Waals surface area contributed by atoms with Crippen molar-refractivity contribution in [2.24, 2.45) is 0 Å². The number of carbonyl (C=O) groups excluding carboxylic acids is 1. The lowest BCUT2D eigenvalue weighted by Crippen LogP contribution is -2.31. The molecule has 0 aromatic heterocycles. The number of hydrogen-bond acceptors (Lipinski definition) is 4. The van der Waals surface area contributed by atoms with Crippen LogP contribution in [0.4, 0.5) is 5.69 Å². The first-order valence-corrected chi connectivity index (χ1v) is 8.09. The van der Waals surface area contributed by atoms with Gasteiger partial charge in [-0.2, -0.15) is 0 Å². The van der Waals surface area contributed by atoms with Gasteiger partial charge in [0.05, 0.1) is 6.54 Å². The Bertz CT molecular complexity index is 723. The summed E-state index contributed by atoms with van der Waals surface area (Å²) in [6.45, 7) is 5.21. The van der Waals surface area contributed by atoms with Crippen LogP contribution in [0, 0.1) is 13.8 Å². The lowest BCUT2D eigenvalue weighted by Gasteiger charge is -2.12. The summed E-state index contributed by atoms with van der Waals surface area (Å²) in [6.07, 6.45) is 0.756. The molecule has 0 bridgehead atoms. The van der Waals surface area contributed by atoms with E-state index in [1.165, 1.54) is 0 Å². The third-order valence-corrected chi connectivity index (χ3v) is 4.08. The van der Waals surface area contributed by atoms with E-state index in [0.29, 0.717) is 6.54 Å². The van der Waals surface area contributed by atoms with Crippen LogP contribution < -0.4 is 20.1 Å². The number of fused-ring (bicyclic) bond motifs is 1. The third kappa shape index (κ3) is 3.79. The van der Waals surface area contributed by atoms with Gasteiger partial charge in [-0.1, -0.05) is 24.3 Å². The van der Waals surface area contributed by atoms with Crippen molar-refractivity contribution >= 4 is 11.6 Å². The monoisotopic (exact) mass is 326 g/mol. The van der Waals surface area contributed by atoms with Crippen molar-refractivity contribution in [2.75, 3.05) is 25.2 Å². The highest BCUT2D eigenvalue weighted by atomic mass is 16.7. The topological polar surface area (TPSA) is 59.6 Å². The Kier molecular flexibility index (Phi) is 4.89. The number of benzene rings is 2. The van der Waals surface area contributed by atoms with Crippen molar-refractivity contribution in [3.63, 3.8) is 0 Å². The SMILES string of the molecule is Cc1cccc(C)c1NCC(=O)NCCc1ccc2c(c1)OCO2. The summed E-state index contributed by atoms with van der Waals surface area (Å²) in [4.78, 5) is 12.0. The number of carbonyl (C=O) groups is 1. The standard InChI is InChI=1S/C19H22N2O3/c1-13-4-3-5-14(2)19(13)21-11-18(22)20-9-8-15-6-7-16-17(10-15)24-12-23-16/h3-7,10,21H,8-9,11-12H2,1-2H3,(H,20,22). The maximum Gasteiger partial charge on any atom is 0.239 e. The minimum Gasteiger partial charge on any atom is -0.454 e. The van der Waals surface area contributed by atoms with E-state index in [0.717, 1.165) is 40.3 Å². The van der Waals surface area contributed by atoms with Gasteiger partial charge in [-0.15, -0.1) is 0 Å². The number of amides is 1. The summed E-state index contributed by atoms with van der Waals surface area (Å²) in [5.41, 5.74) is 4.43. The number of rotatable bonds is 6. The molecule has 1 amide bonds. The Balaban J connectivity index is 1.44. The minimum absolute atomic E-state index is 0.0154. The number of hydrogen-bond donors (Lipinski definition) is 2. The Morgan fingerprint density at radius 1 is 1.08 bits per heavy atom. The summed E-state index contributed by atoms with van der Waals surface area (Å²) < 4.78 is 10.6. The van der Waals surface area contributed by atoms with E-state index in [2.05, 4.69) is 10.6 Å². The quantitative estimate of drug-likeness (QED) is 0.857. The van der Waals surface area contributed by atoms with Crippen molar-refractivity contribution in [3.8, 4) is 11.5 Å². The van der Waals surface area contributed by atoms with Gasteiger partial charge in [-0.05, 0) is 49.1 Å². The Morgan fingerprint density at radius 2 is 1.83 bits per heavy atom. The maximum atomic E-state index is 12.0. The van der Waals surface area contributed by atoms with E-state index in [9.17, 15) is 4.79 Å². The first-order valence-electron chi connectivity index (χ1n) is 8.09. The lowest BCUT2D eigenvalue weighted by atomic mass is 10.1. The fourth-order valence-corrected chi connectivity index (χ4v) is 2.77. The normalized spacial score (nSPS) is 12.1. The van der Waals surface area contributed by atoms with Crippen molar-refractivity contribution in [1.29, 1.82) is 0 Å². The zero-order chi connectivity index (χ0) is 16.9. The zero-order valence-electron chi connectivity index (χ0n) is 14.0. The molecule has 24 heavy (non-hydrogen) atoms.